The average molecular weight is 1220 g/mol. The standard InChI is InChI=1S/C57H74B2F6N12O10/c1-55(2)42-25-36(7-12-43(42)59(85)87-55)30-70-52(81)47(26-34-3-8-40(9-4-34)56(60,61)62)72-53(82)46(14-16-50(79)75(21-17-66)22-18-67)74-71-20-24-76(23-19-68)49(78)15-13-45(69)51(80)73-48(27-35-5-10-41(11-6-35)57(63,64)65)54(83)77-31-37-28-39-33-86-58(84)44(39)29-38(37)32-77/h3-12,25,28-29,45-48,71,74,84-85H,13-24,26-27,30-33,66-69H2,1-2H3,(H,70,81)(H,72,82)(H,73,80). The van der Waals surface area contributed by atoms with Crippen molar-refractivity contribution in [1.29, 1.82) is 0 Å². The van der Waals surface area contributed by atoms with E-state index in [0.29, 0.717) is 27.6 Å². The van der Waals surface area contributed by atoms with Gasteiger partial charge in [-0.25, -0.2) is 5.43 Å². The van der Waals surface area contributed by atoms with Gasteiger partial charge in [-0.15, -0.1) is 0 Å². The lowest BCUT2D eigenvalue weighted by Crippen LogP contribution is -2.56. The third kappa shape index (κ3) is 18.1. The second-order valence-corrected chi connectivity index (χ2v) is 22.2. The van der Waals surface area contributed by atoms with E-state index in [9.17, 15) is 65.2 Å². The minimum Gasteiger partial charge on any atom is -0.423 e. The molecule has 0 saturated heterocycles. The van der Waals surface area contributed by atoms with Gasteiger partial charge in [0.1, 0.15) is 18.1 Å². The SMILES string of the molecule is CC1(C)OB(O)c2ccc(CNC(=O)C(Cc3ccc(C(F)(F)F)cc3)NC(=O)C(CCC(=O)N(CCN)CCN)NNCCN(CCN)C(=O)CCC(N)C(=O)NC(Cc3ccc(C(F)(F)F)cc3)C(=O)N3Cc4cc5c(cc4C3)B(O)OC5)cc21. The number of hydrogen-bond acceptors (Lipinski definition) is 16. The predicted octanol–water partition coefficient (Wildman–Crippen LogP) is -0.608. The van der Waals surface area contributed by atoms with Crippen LogP contribution in [0.2, 0.25) is 0 Å². The smallest absolute Gasteiger partial charge is 0.423 e. The molecule has 30 heteroatoms. The van der Waals surface area contributed by atoms with E-state index in [-0.39, 0.29) is 129 Å². The molecule has 4 aromatic carbocycles. The Hall–Kier alpha value is -6.99. The molecular weight excluding hydrogens is 1150 g/mol. The number of nitrogens with one attached hydrogen (secondary N) is 5. The second-order valence-electron chi connectivity index (χ2n) is 22.2. The van der Waals surface area contributed by atoms with Gasteiger partial charge >= 0.3 is 26.6 Å². The van der Waals surface area contributed by atoms with Gasteiger partial charge in [0.2, 0.25) is 35.4 Å². The van der Waals surface area contributed by atoms with Crippen molar-refractivity contribution in [2.45, 2.75) is 121 Å². The number of fused-ring (bicyclic) bond motifs is 3. The largest absolute Gasteiger partial charge is 0.492 e. The van der Waals surface area contributed by atoms with Crippen LogP contribution in [0.1, 0.15) is 89.6 Å². The van der Waals surface area contributed by atoms with E-state index in [1.54, 1.807) is 38.1 Å². The molecule has 3 aliphatic heterocycles. The summed E-state index contributed by atoms with van der Waals surface area (Å²) < 4.78 is 92.0. The van der Waals surface area contributed by atoms with Gasteiger partial charge in [0.05, 0.1) is 29.4 Å². The summed E-state index contributed by atoms with van der Waals surface area (Å²) in [6, 6.07) is 11.7. The zero-order valence-corrected chi connectivity index (χ0v) is 48.3. The number of rotatable bonds is 29. The Morgan fingerprint density at radius 1 is 0.644 bits per heavy atom. The molecule has 0 aromatic heterocycles. The topological polar surface area (TPSA) is 335 Å². The number of amides is 6. The van der Waals surface area contributed by atoms with Crippen LogP contribution in [0.25, 0.3) is 0 Å². The number of halogens is 6. The van der Waals surface area contributed by atoms with E-state index >= 15 is 0 Å². The van der Waals surface area contributed by atoms with Gasteiger partial charge in [0.15, 0.2) is 0 Å². The molecule has 87 heavy (non-hydrogen) atoms. The zero-order chi connectivity index (χ0) is 63.4. The summed E-state index contributed by atoms with van der Waals surface area (Å²) in [7, 11) is -2.27. The monoisotopic (exact) mass is 1220 g/mol. The van der Waals surface area contributed by atoms with Crippen LogP contribution < -0.4 is 60.7 Å². The Labute approximate surface area is 500 Å². The minimum atomic E-state index is -4.64. The fraction of sp³-hybridized carbons (Fsp3) is 0.474. The summed E-state index contributed by atoms with van der Waals surface area (Å²) >= 11 is 0. The maximum absolute atomic E-state index is 14.4. The Kier molecular flexibility index (Phi) is 23.1. The molecule has 15 N–H and O–H groups in total. The van der Waals surface area contributed by atoms with E-state index < -0.39 is 97.0 Å². The predicted molar refractivity (Wildman–Crippen MR) is 309 cm³/mol. The molecule has 3 heterocycles. The van der Waals surface area contributed by atoms with E-state index in [1.165, 1.54) is 39.0 Å². The van der Waals surface area contributed by atoms with Gasteiger partial charge in [-0.3, -0.25) is 34.2 Å². The van der Waals surface area contributed by atoms with Crippen molar-refractivity contribution in [3.63, 3.8) is 0 Å². The molecule has 0 bridgehead atoms. The summed E-state index contributed by atoms with van der Waals surface area (Å²) in [5.41, 5.74) is 32.2. The van der Waals surface area contributed by atoms with Crippen molar-refractivity contribution in [3.8, 4) is 0 Å². The molecule has 4 atom stereocenters. The van der Waals surface area contributed by atoms with Gasteiger partial charge in [0.25, 0.3) is 0 Å². The quantitative estimate of drug-likeness (QED) is 0.0140. The fourth-order valence-corrected chi connectivity index (χ4v) is 10.6. The highest BCUT2D eigenvalue weighted by Crippen LogP contribution is 2.33. The van der Waals surface area contributed by atoms with E-state index in [4.69, 9.17) is 32.2 Å². The number of nitrogens with zero attached hydrogens (tertiary/aromatic N) is 3. The van der Waals surface area contributed by atoms with Gasteiger partial charge in [-0.05, 0) is 101 Å². The summed E-state index contributed by atoms with van der Waals surface area (Å²) in [5.74, 6) is -3.70. The molecule has 0 fully saturated rings. The third-order valence-electron chi connectivity index (χ3n) is 15.4. The Balaban J connectivity index is 0.997. The van der Waals surface area contributed by atoms with Crippen molar-refractivity contribution in [2.24, 2.45) is 22.9 Å². The maximum Gasteiger partial charge on any atom is 0.492 e. The van der Waals surface area contributed by atoms with Crippen LogP contribution in [0.15, 0.2) is 78.9 Å². The van der Waals surface area contributed by atoms with Gasteiger partial charge in [-0.2, -0.15) is 26.3 Å². The van der Waals surface area contributed by atoms with Crippen molar-refractivity contribution in [2.75, 3.05) is 52.4 Å². The highest BCUT2D eigenvalue weighted by Gasteiger charge is 2.41. The first-order valence-electron chi connectivity index (χ1n) is 28.5. The first kappa shape index (κ1) is 67.5. The fourth-order valence-electron chi connectivity index (χ4n) is 10.6. The highest BCUT2D eigenvalue weighted by molar-refractivity contribution is 6.62. The van der Waals surface area contributed by atoms with Crippen LogP contribution in [0.3, 0.4) is 0 Å². The summed E-state index contributed by atoms with van der Waals surface area (Å²) in [5, 5.41) is 28.8. The van der Waals surface area contributed by atoms with Crippen molar-refractivity contribution >= 4 is 60.6 Å². The van der Waals surface area contributed by atoms with Crippen molar-refractivity contribution < 1.29 is 74.5 Å². The van der Waals surface area contributed by atoms with Crippen LogP contribution in [-0.2, 0) is 95.1 Å². The van der Waals surface area contributed by atoms with Crippen LogP contribution >= 0.6 is 0 Å². The van der Waals surface area contributed by atoms with Crippen LogP contribution in [-0.4, -0.2) is 151 Å². The molecule has 0 radical (unpaired) electrons. The Bertz CT molecular complexity index is 3070. The van der Waals surface area contributed by atoms with Gasteiger partial charge in [0, 0.05) is 97.7 Å². The maximum atomic E-state index is 14.4. The van der Waals surface area contributed by atoms with Crippen molar-refractivity contribution in [3.05, 3.63) is 129 Å². The van der Waals surface area contributed by atoms with Crippen LogP contribution in [0.5, 0.6) is 0 Å². The molecule has 4 aromatic rings. The van der Waals surface area contributed by atoms with Crippen molar-refractivity contribution in [1.82, 2.24) is 41.5 Å². The first-order chi connectivity index (χ1) is 41.2. The number of alkyl halides is 6. The van der Waals surface area contributed by atoms with E-state index in [2.05, 4.69) is 26.8 Å². The number of benzene rings is 4. The minimum absolute atomic E-state index is 0.0103. The molecule has 0 aliphatic carbocycles. The number of nitrogens with two attached hydrogens (primary N) is 4. The lowest BCUT2D eigenvalue weighted by atomic mass is 9.78. The molecule has 3 aliphatic rings. The summed E-state index contributed by atoms with van der Waals surface area (Å²) in [6.45, 7) is 4.52. The molecule has 0 spiro atoms. The summed E-state index contributed by atoms with van der Waals surface area (Å²) in [4.78, 5) is 87.9. The molecular formula is C57H74B2F6N12O10. The lowest BCUT2D eigenvalue weighted by Gasteiger charge is -2.27. The normalized spacial score (nSPS) is 15.7. The second kappa shape index (κ2) is 29.8. The number of carbonyl (C=O) groups excluding carboxylic acids is 6. The highest BCUT2D eigenvalue weighted by atomic mass is 19.4. The first-order valence-corrected chi connectivity index (χ1v) is 28.5. The Morgan fingerprint density at radius 3 is 1.75 bits per heavy atom. The Morgan fingerprint density at radius 2 is 1.17 bits per heavy atom. The number of hydrogen-bond donors (Lipinski definition) is 11. The number of hydrazine groups is 1. The van der Waals surface area contributed by atoms with E-state index in [1.807, 2.05) is 6.07 Å². The molecule has 22 nitrogen and oxygen atoms in total. The van der Waals surface area contributed by atoms with Gasteiger partial charge in [-0.1, -0.05) is 54.6 Å². The molecule has 7 rings (SSSR count). The molecule has 6 amide bonds. The zero-order valence-electron chi connectivity index (χ0n) is 48.3. The van der Waals surface area contributed by atoms with E-state index in [0.717, 1.165) is 41.0 Å². The lowest BCUT2D eigenvalue weighted by molar-refractivity contribution is -0.138. The van der Waals surface area contributed by atoms with Crippen LogP contribution in [0.4, 0.5) is 26.3 Å². The number of carbonyl (C=O) groups is 6. The average Bonchev–Trinajstić information content (AvgIpc) is 1.93. The molecule has 470 valence electrons. The summed E-state index contributed by atoms with van der Waals surface area (Å²) in [6.07, 6.45) is -10.6. The molecule has 0 saturated carbocycles. The molecule has 4 unspecified atom stereocenters. The van der Waals surface area contributed by atoms with Gasteiger partial charge < -0.3 is 72.9 Å². The van der Waals surface area contributed by atoms with Crippen LogP contribution in [0, 0.1) is 0 Å². The third-order valence-corrected chi connectivity index (χ3v) is 15.4.